The van der Waals surface area contributed by atoms with Crippen LogP contribution < -0.4 is 10.1 Å². The molecule has 1 N–H and O–H groups in total. The van der Waals surface area contributed by atoms with Gasteiger partial charge in [-0.3, -0.25) is 0 Å². The monoisotopic (exact) mass is 208 g/mol. The van der Waals surface area contributed by atoms with E-state index in [2.05, 4.69) is 11.4 Å². The second-order valence-corrected chi connectivity index (χ2v) is 3.03. The van der Waals surface area contributed by atoms with Crippen molar-refractivity contribution in [1.29, 1.82) is 5.26 Å². The van der Waals surface area contributed by atoms with Crippen molar-refractivity contribution in [1.82, 2.24) is 0 Å². The van der Waals surface area contributed by atoms with E-state index in [9.17, 15) is 4.39 Å². The highest BCUT2D eigenvalue weighted by Crippen LogP contribution is 2.24. The Morgan fingerprint density at radius 3 is 3.00 bits per heavy atom. The molecule has 0 spiro atoms. The van der Waals surface area contributed by atoms with Gasteiger partial charge in [-0.1, -0.05) is 0 Å². The van der Waals surface area contributed by atoms with Crippen LogP contribution >= 0.6 is 0 Å². The Kier molecular flexibility index (Phi) is 4.42. The van der Waals surface area contributed by atoms with E-state index in [1.807, 2.05) is 0 Å². The summed E-state index contributed by atoms with van der Waals surface area (Å²) in [6.45, 7) is 0.676. The Labute approximate surface area is 88.5 Å². The summed E-state index contributed by atoms with van der Waals surface area (Å²) in [5.41, 5.74) is 0.747. The fraction of sp³-hybridized carbons (Fsp3) is 0.364. The van der Waals surface area contributed by atoms with Crippen molar-refractivity contribution in [2.75, 3.05) is 19.0 Å². The highest BCUT2D eigenvalue weighted by molar-refractivity contribution is 5.56. The molecule has 0 atom stereocenters. The van der Waals surface area contributed by atoms with Gasteiger partial charge >= 0.3 is 0 Å². The van der Waals surface area contributed by atoms with Crippen molar-refractivity contribution in [3.8, 4) is 11.8 Å². The van der Waals surface area contributed by atoms with Crippen molar-refractivity contribution in [2.45, 2.75) is 12.8 Å². The van der Waals surface area contributed by atoms with Gasteiger partial charge in [0.05, 0.1) is 18.9 Å². The molecule has 0 aromatic heterocycles. The van der Waals surface area contributed by atoms with Gasteiger partial charge in [-0.25, -0.2) is 4.39 Å². The Bertz CT molecular complexity index is 360. The van der Waals surface area contributed by atoms with Gasteiger partial charge < -0.3 is 10.1 Å². The van der Waals surface area contributed by atoms with Gasteiger partial charge in [-0.2, -0.15) is 5.26 Å². The molecule has 1 aromatic carbocycles. The van der Waals surface area contributed by atoms with Crippen LogP contribution in [-0.2, 0) is 0 Å². The first-order chi connectivity index (χ1) is 7.27. The molecule has 1 aromatic rings. The minimum Gasteiger partial charge on any atom is -0.494 e. The Balaban J connectivity index is 2.57. The number of hydrogen-bond acceptors (Lipinski definition) is 3. The topological polar surface area (TPSA) is 45.0 Å². The molecule has 0 radical (unpaired) electrons. The first-order valence-electron chi connectivity index (χ1n) is 4.72. The van der Waals surface area contributed by atoms with E-state index in [0.29, 0.717) is 18.7 Å². The van der Waals surface area contributed by atoms with Crippen LogP contribution in [0.25, 0.3) is 0 Å². The molecule has 80 valence electrons. The summed E-state index contributed by atoms with van der Waals surface area (Å²) in [6, 6.07) is 6.38. The molecule has 0 heterocycles. The van der Waals surface area contributed by atoms with Crippen LogP contribution in [0.3, 0.4) is 0 Å². The van der Waals surface area contributed by atoms with E-state index in [-0.39, 0.29) is 5.82 Å². The Morgan fingerprint density at radius 1 is 1.53 bits per heavy atom. The molecule has 0 fully saturated rings. The van der Waals surface area contributed by atoms with E-state index >= 15 is 0 Å². The number of ether oxygens (including phenoxy) is 1. The standard InChI is InChI=1S/C11H13FN2O/c1-15-11-8-9(12)4-5-10(11)14-7-3-2-6-13/h4-5,8,14H,2-3,7H2,1H3. The third-order valence-corrected chi connectivity index (χ3v) is 1.94. The minimum absolute atomic E-state index is 0.325. The van der Waals surface area contributed by atoms with Crippen molar-refractivity contribution in [2.24, 2.45) is 0 Å². The number of halogens is 1. The molecule has 0 saturated heterocycles. The second-order valence-electron chi connectivity index (χ2n) is 3.03. The van der Waals surface area contributed by atoms with Gasteiger partial charge in [-0.15, -0.1) is 0 Å². The zero-order valence-corrected chi connectivity index (χ0v) is 8.59. The van der Waals surface area contributed by atoms with Crippen LogP contribution in [0.15, 0.2) is 18.2 Å². The lowest BCUT2D eigenvalue weighted by Gasteiger charge is -2.10. The highest BCUT2D eigenvalue weighted by atomic mass is 19.1. The zero-order valence-electron chi connectivity index (χ0n) is 8.59. The van der Waals surface area contributed by atoms with Crippen molar-refractivity contribution in [3.05, 3.63) is 24.0 Å². The largest absolute Gasteiger partial charge is 0.494 e. The van der Waals surface area contributed by atoms with Crippen LogP contribution in [-0.4, -0.2) is 13.7 Å². The molecule has 1 rings (SSSR count). The zero-order chi connectivity index (χ0) is 11.1. The van der Waals surface area contributed by atoms with Crippen LogP contribution in [0, 0.1) is 17.1 Å². The summed E-state index contributed by atoms with van der Waals surface area (Å²) >= 11 is 0. The molecular formula is C11H13FN2O. The molecule has 0 aliphatic rings. The average molecular weight is 208 g/mol. The number of methoxy groups -OCH3 is 1. The number of rotatable bonds is 5. The lowest BCUT2D eigenvalue weighted by atomic mass is 10.2. The molecule has 3 nitrogen and oxygen atoms in total. The predicted molar refractivity (Wildman–Crippen MR) is 56.3 cm³/mol. The first-order valence-corrected chi connectivity index (χ1v) is 4.72. The van der Waals surface area contributed by atoms with Crippen LogP contribution in [0.2, 0.25) is 0 Å². The van der Waals surface area contributed by atoms with Gasteiger partial charge in [0.2, 0.25) is 0 Å². The number of nitrogens with one attached hydrogen (secondary N) is 1. The molecule has 0 bridgehead atoms. The number of benzene rings is 1. The maximum absolute atomic E-state index is 12.8. The SMILES string of the molecule is COc1cc(F)ccc1NCCCC#N. The van der Waals surface area contributed by atoms with Gasteiger partial charge in [0.25, 0.3) is 0 Å². The molecular weight excluding hydrogens is 195 g/mol. The van der Waals surface area contributed by atoms with Crippen molar-refractivity contribution < 1.29 is 9.13 Å². The first kappa shape index (κ1) is 11.3. The summed E-state index contributed by atoms with van der Waals surface area (Å²) in [4.78, 5) is 0. The molecule has 15 heavy (non-hydrogen) atoms. The molecule has 0 saturated carbocycles. The fourth-order valence-electron chi connectivity index (χ4n) is 1.20. The second kappa shape index (κ2) is 5.86. The Morgan fingerprint density at radius 2 is 2.33 bits per heavy atom. The van der Waals surface area contributed by atoms with Crippen molar-refractivity contribution in [3.63, 3.8) is 0 Å². The number of nitriles is 1. The number of unbranched alkanes of at least 4 members (excludes halogenated alkanes) is 1. The van der Waals surface area contributed by atoms with E-state index in [1.54, 1.807) is 6.07 Å². The number of nitrogens with zero attached hydrogens (tertiary/aromatic N) is 1. The molecule has 0 aliphatic carbocycles. The molecule has 0 unspecified atom stereocenters. The third kappa shape index (κ3) is 3.47. The van der Waals surface area contributed by atoms with Crippen LogP contribution in [0.1, 0.15) is 12.8 Å². The lowest BCUT2D eigenvalue weighted by Crippen LogP contribution is -2.03. The predicted octanol–water partition coefficient (Wildman–Crippen LogP) is 2.55. The maximum atomic E-state index is 12.8. The summed E-state index contributed by atoms with van der Waals surface area (Å²) in [5, 5.41) is 11.4. The lowest BCUT2D eigenvalue weighted by molar-refractivity contribution is 0.413. The highest BCUT2D eigenvalue weighted by Gasteiger charge is 2.02. The Hall–Kier alpha value is -1.76. The summed E-state index contributed by atoms with van der Waals surface area (Å²) in [6.07, 6.45) is 1.27. The maximum Gasteiger partial charge on any atom is 0.144 e. The van der Waals surface area contributed by atoms with Crippen LogP contribution in [0.5, 0.6) is 5.75 Å². The number of anilines is 1. The number of hydrogen-bond donors (Lipinski definition) is 1. The molecule has 0 amide bonds. The third-order valence-electron chi connectivity index (χ3n) is 1.94. The van der Waals surface area contributed by atoms with E-state index in [1.165, 1.54) is 19.2 Å². The van der Waals surface area contributed by atoms with Crippen molar-refractivity contribution >= 4 is 5.69 Å². The minimum atomic E-state index is -0.325. The normalized spacial score (nSPS) is 9.40. The molecule has 0 aliphatic heterocycles. The van der Waals surface area contributed by atoms with Gasteiger partial charge in [0.15, 0.2) is 0 Å². The van der Waals surface area contributed by atoms with Gasteiger partial charge in [0.1, 0.15) is 11.6 Å². The fourth-order valence-corrected chi connectivity index (χ4v) is 1.20. The summed E-state index contributed by atoms with van der Waals surface area (Å²) in [5.74, 6) is 0.154. The quantitative estimate of drug-likeness (QED) is 0.756. The van der Waals surface area contributed by atoms with E-state index in [0.717, 1.165) is 12.1 Å². The van der Waals surface area contributed by atoms with Gasteiger partial charge in [0, 0.05) is 19.0 Å². The van der Waals surface area contributed by atoms with Crippen LogP contribution in [0.4, 0.5) is 10.1 Å². The van der Waals surface area contributed by atoms with Gasteiger partial charge in [-0.05, 0) is 18.6 Å². The molecule has 4 heteroatoms. The summed E-state index contributed by atoms with van der Waals surface area (Å²) < 4.78 is 17.8. The summed E-state index contributed by atoms with van der Waals surface area (Å²) in [7, 11) is 1.50. The smallest absolute Gasteiger partial charge is 0.144 e. The van der Waals surface area contributed by atoms with E-state index in [4.69, 9.17) is 10.00 Å². The average Bonchev–Trinajstić information content (AvgIpc) is 2.26. The van der Waals surface area contributed by atoms with E-state index < -0.39 is 0 Å².